The number of hydrogen-bond donors (Lipinski definition) is 1. The molecule has 0 amide bonds. The first-order valence-electron chi connectivity index (χ1n) is 7.56. The Morgan fingerprint density at radius 2 is 1.61 bits per heavy atom. The molecule has 0 heterocycles. The summed E-state index contributed by atoms with van der Waals surface area (Å²) >= 11 is 5.89. The largest absolute Gasteiger partial charge is 0.490 e. The molecule has 5 heteroatoms. The van der Waals surface area contributed by atoms with E-state index in [1.165, 1.54) is 5.56 Å². The molecule has 1 N–H and O–H groups in total. The molecule has 2 rings (SSSR count). The lowest BCUT2D eigenvalue weighted by Gasteiger charge is -2.14. The SMILES string of the molecule is CCNCc1ccc(OCc2ccc(Cl)cc2)c(OCC)c1.Cl. The van der Waals surface area contributed by atoms with E-state index in [0.717, 1.165) is 35.2 Å². The van der Waals surface area contributed by atoms with E-state index in [1.54, 1.807) is 0 Å². The molecule has 0 aliphatic carbocycles. The van der Waals surface area contributed by atoms with Crippen molar-refractivity contribution in [2.45, 2.75) is 27.0 Å². The average Bonchev–Trinajstić information content (AvgIpc) is 2.54. The van der Waals surface area contributed by atoms with Gasteiger partial charge in [0.2, 0.25) is 0 Å². The summed E-state index contributed by atoms with van der Waals surface area (Å²) in [4.78, 5) is 0. The fraction of sp³-hybridized carbons (Fsp3) is 0.333. The second kappa shape index (κ2) is 10.4. The molecule has 3 nitrogen and oxygen atoms in total. The Morgan fingerprint density at radius 3 is 2.26 bits per heavy atom. The maximum Gasteiger partial charge on any atom is 0.161 e. The molecule has 0 bridgehead atoms. The van der Waals surface area contributed by atoms with Crippen LogP contribution in [0.1, 0.15) is 25.0 Å². The van der Waals surface area contributed by atoms with Crippen molar-refractivity contribution in [3.63, 3.8) is 0 Å². The van der Waals surface area contributed by atoms with Crippen LogP contribution in [0.4, 0.5) is 0 Å². The lowest BCUT2D eigenvalue weighted by Crippen LogP contribution is -2.12. The molecular weight excluding hydrogens is 333 g/mol. The van der Waals surface area contributed by atoms with Gasteiger partial charge in [-0.3, -0.25) is 0 Å². The normalized spacial score (nSPS) is 10.0. The number of rotatable bonds is 8. The number of benzene rings is 2. The molecule has 0 saturated heterocycles. The molecule has 0 unspecified atom stereocenters. The average molecular weight is 356 g/mol. The molecular formula is C18H23Cl2NO2. The fourth-order valence-electron chi connectivity index (χ4n) is 2.06. The lowest BCUT2D eigenvalue weighted by atomic mass is 10.2. The highest BCUT2D eigenvalue weighted by Gasteiger charge is 2.07. The molecule has 2 aromatic rings. The summed E-state index contributed by atoms with van der Waals surface area (Å²) in [6.07, 6.45) is 0. The van der Waals surface area contributed by atoms with Crippen LogP contribution in [-0.4, -0.2) is 13.2 Å². The van der Waals surface area contributed by atoms with Crippen molar-refractivity contribution in [3.05, 3.63) is 58.6 Å². The van der Waals surface area contributed by atoms with Gasteiger partial charge < -0.3 is 14.8 Å². The van der Waals surface area contributed by atoms with Gasteiger partial charge in [0.15, 0.2) is 11.5 Å². The monoisotopic (exact) mass is 355 g/mol. The minimum atomic E-state index is 0. The highest BCUT2D eigenvalue weighted by Crippen LogP contribution is 2.29. The van der Waals surface area contributed by atoms with Gasteiger partial charge in [-0.1, -0.05) is 36.7 Å². The van der Waals surface area contributed by atoms with Gasteiger partial charge in [-0.25, -0.2) is 0 Å². The molecule has 0 atom stereocenters. The molecule has 23 heavy (non-hydrogen) atoms. The van der Waals surface area contributed by atoms with Gasteiger partial charge in [0.25, 0.3) is 0 Å². The van der Waals surface area contributed by atoms with Gasteiger partial charge in [0.05, 0.1) is 6.61 Å². The van der Waals surface area contributed by atoms with Crippen LogP contribution in [0.15, 0.2) is 42.5 Å². The van der Waals surface area contributed by atoms with Gasteiger partial charge in [0, 0.05) is 11.6 Å². The van der Waals surface area contributed by atoms with Crippen molar-refractivity contribution in [2.24, 2.45) is 0 Å². The lowest BCUT2D eigenvalue weighted by molar-refractivity contribution is 0.269. The number of halogens is 2. The van der Waals surface area contributed by atoms with Crippen LogP contribution >= 0.6 is 24.0 Å². The zero-order valence-corrected chi connectivity index (χ0v) is 15.0. The fourth-order valence-corrected chi connectivity index (χ4v) is 2.19. The molecule has 0 spiro atoms. The van der Waals surface area contributed by atoms with Crippen LogP contribution in [0.2, 0.25) is 5.02 Å². The standard InChI is InChI=1S/C18H22ClNO2.ClH/c1-3-20-12-15-7-10-17(18(11-15)21-4-2)22-13-14-5-8-16(19)9-6-14;/h5-11,20H,3-4,12-13H2,1-2H3;1H. The number of hydrogen-bond acceptors (Lipinski definition) is 3. The minimum absolute atomic E-state index is 0. The first kappa shape index (κ1) is 19.6. The third kappa shape index (κ3) is 6.30. The molecule has 0 aromatic heterocycles. The van der Waals surface area contributed by atoms with Gasteiger partial charge in [0.1, 0.15) is 6.61 Å². The highest BCUT2D eigenvalue weighted by atomic mass is 35.5. The van der Waals surface area contributed by atoms with Crippen molar-refractivity contribution < 1.29 is 9.47 Å². The van der Waals surface area contributed by atoms with Crippen LogP contribution in [0.3, 0.4) is 0 Å². The van der Waals surface area contributed by atoms with Gasteiger partial charge in [-0.05, 0) is 48.9 Å². The van der Waals surface area contributed by atoms with Gasteiger partial charge in [-0.2, -0.15) is 0 Å². The summed E-state index contributed by atoms with van der Waals surface area (Å²) < 4.78 is 11.6. The van der Waals surface area contributed by atoms with E-state index >= 15 is 0 Å². The van der Waals surface area contributed by atoms with Crippen molar-refractivity contribution in [1.82, 2.24) is 5.32 Å². The summed E-state index contributed by atoms with van der Waals surface area (Å²) in [7, 11) is 0. The predicted octanol–water partition coefficient (Wildman–Crippen LogP) is 4.85. The zero-order chi connectivity index (χ0) is 15.8. The Labute approximate surface area is 149 Å². The Balaban J connectivity index is 0.00000264. The second-order valence-electron chi connectivity index (χ2n) is 4.91. The van der Waals surface area contributed by atoms with E-state index < -0.39 is 0 Å². The Kier molecular flexibility index (Phi) is 8.85. The summed E-state index contributed by atoms with van der Waals surface area (Å²) in [5.74, 6) is 1.55. The molecule has 0 aliphatic heterocycles. The van der Waals surface area contributed by atoms with Crippen LogP contribution in [0.25, 0.3) is 0 Å². The van der Waals surface area contributed by atoms with Crippen LogP contribution < -0.4 is 14.8 Å². The first-order chi connectivity index (χ1) is 10.7. The van der Waals surface area contributed by atoms with E-state index in [9.17, 15) is 0 Å². The molecule has 0 aliphatic rings. The van der Waals surface area contributed by atoms with E-state index in [2.05, 4.69) is 18.3 Å². The zero-order valence-electron chi connectivity index (χ0n) is 13.5. The van der Waals surface area contributed by atoms with E-state index in [4.69, 9.17) is 21.1 Å². The summed E-state index contributed by atoms with van der Waals surface area (Å²) in [6, 6.07) is 13.7. The van der Waals surface area contributed by atoms with Crippen LogP contribution in [0, 0.1) is 0 Å². The molecule has 2 aromatic carbocycles. The predicted molar refractivity (Wildman–Crippen MR) is 98.0 cm³/mol. The highest BCUT2D eigenvalue weighted by molar-refractivity contribution is 6.30. The minimum Gasteiger partial charge on any atom is -0.490 e. The summed E-state index contributed by atoms with van der Waals surface area (Å²) in [5, 5.41) is 4.04. The molecule has 0 radical (unpaired) electrons. The third-order valence-electron chi connectivity index (χ3n) is 3.19. The molecule has 0 fully saturated rings. The van der Waals surface area contributed by atoms with E-state index in [1.807, 2.05) is 43.3 Å². The van der Waals surface area contributed by atoms with Crippen LogP contribution in [0.5, 0.6) is 11.5 Å². The topological polar surface area (TPSA) is 30.5 Å². The third-order valence-corrected chi connectivity index (χ3v) is 3.45. The van der Waals surface area contributed by atoms with Gasteiger partial charge in [-0.15, -0.1) is 12.4 Å². The second-order valence-corrected chi connectivity index (χ2v) is 5.35. The van der Waals surface area contributed by atoms with Crippen molar-refractivity contribution >= 4 is 24.0 Å². The molecule has 126 valence electrons. The van der Waals surface area contributed by atoms with Gasteiger partial charge >= 0.3 is 0 Å². The Hall–Kier alpha value is -1.42. The van der Waals surface area contributed by atoms with Crippen molar-refractivity contribution in [3.8, 4) is 11.5 Å². The smallest absolute Gasteiger partial charge is 0.161 e. The maximum atomic E-state index is 5.89. The Morgan fingerprint density at radius 1 is 0.913 bits per heavy atom. The first-order valence-corrected chi connectivity index (χ1v) is 7.94. The quantitative estimate of drug-likeness (QED) is 0.734. The maximum absolute atomic E-state index is 5.89. The van der Waals surface area contributed by atoms with E-state index in [-0.39, 0.29) is 12.4 Å². The van der Waals surface area contributed by atoms with Crippen LogP contribution in [-0.2, 0) is 13.2 Å². The number of ether oxygens (including phenoxy) is 2. The summed E-state index contributed by atoms with van der Waals surface area (Å²) in [6.45, 7) is 6.94. The summed E-state index contributed by atoms with van der Waals surface area (Å²) in [5.41, 5.74) is 2.26. The van der Waals surface area contributed by atoms with Crippen molar-refractivity contribution in [1.29, 1.82) is 0 Å². The Bertz CT molecular complexity index is 588. The number of nitrogens with one attached hydrogen (secondary N) is 1. The van der Waals surface area contributed by atoms with E-state index in [0.29, 0.717) is 13.2 Å². The van der Waals surface area contributed by atoms with Crippen molar-refractivity contribution in [2.75, 3.05) is 13.2 Å². The molecule has 0 saturated carbocycles.